The predicted molar refractivity (Wildman–Crippen MR) is 513 cm³/mol. The van der Waals surface area contributed by atoms with E-state index in [4.69, 9.17) is 64.1 Å². The molecule has 0 aromatic heterocycles. The second-order valence-corrected chi connectivity index (χ2v) is 34.0. The number of aromatic amines is 7. The molecular formula is C98H77F7N14O28. The Hall–Kier alpha value is -18.9. The van der Waals surface area contributed by atoms with Crippen LogP contribution in [0.2, 0.25) is 0 Å². The van der Waals surface area contributed by atoms with E-state index in [-0.39, 0.29) is 159 Å². The van der Waals surface area contributed by atoms with Crippen molar-refractivity contribution < 1.29 is 94.8 Å². The molecular weight excluding hydrogens is 1950 g/mol. The first-order valence-electron chi connectivity index (χ1n) is 43.7. The topological polar surface area (TPSA) is 596 Å². The van der Waals surface area contributed by atoms with E-state index in [2.05, 4.69) is 69.5 Å². The summed E-state index contributed by atoms with van der Waals surface area (Å²) in [6.45, 7) is 15.7. The van der Waals surface area contributed by atoms with Crippen molar-refractivity contribution in [3.05, 3.63) is 314 Å². The lowest BCUT2D eigenvalue weighted by molar-refractivity contribution is 0.235. The Balaban J connectivity index is 0.000000129. The van der Waals surface area contributed by atoms with Gasteiger partial charge in [0.2, 0.25) is 41.2 Å². The zero-order chi connectivity index (χ0) is 106. The van der Waals surface area contributed by atoms with E-state index >= 15 is 0 Å². The SMILES string of the molecule is CC(C)(C)CCOc1cc2oc3nc(=O)[nH]c(=O)c-3cc2cc1F.CC(C)CCCOc1cc2oc3nc(=O)[nH]c(=O)c-3cc2cc1F.CC(C)CCOc1cc2oc3nc(=O)[nH]c(=O)c-3cc2cc1F.COc1cc2oc3nc(=O)[nH]c(=O)c-3cc2cc1F.COc1cc2oc3nc(=O)[nH]c(=O)c-3cc2cc1F.COc1cc2oc3nc(=O)[nH]c(=O)c-3cc2cc1F.COc1cc2oc3nc(=O)[nH]c(=O)c-3cc2cc1F. The highest BCUT2D eigenvalue weighted by Gasteiger charge is 2.26. The summed E-state index contributed by atoms with van der Waals surface area (Å²) in [5.41, 5.74) is -7.35. The summed E-state index contributed by atoms with van der Waals surface area (Å²) < 4.78 is 170. The number of fused-ring (bicyclic) bond motifs is 14. The van der Waals surface area contributed by atoms with Crippen molar-refractivity contribution in [1.82, 2.24) is 69.8 Å². The minimum absolute atomic E-state index is 0.00258. The molecule has 7 N–H and O–H groups in total. The van der Waals surface area contributed by atoms with Crippen LogP contribution in [0.4, 0.5) is 30.7 Å². The number of hydrogen-bond donors (Lipinski definition) is 7. The molecule has 7 aromatic carbocycles. The zero-order valence-electron chi connectivity index (χ0n) is 78.4. The van der Waals surface area contributed by atoms with Gasteiger partial charge in [0.1, 0.15) is 78.0 Å². The van der Waals surface area contributed by atoms with E-state index in [0.717, 1.165) is 25.7 Å². The fourth-order valence-corrected chi connectivity index (χ4v) is 14.1. The quantitative estimate of drug-likeness (QED) is 0.0268. The number of H-pyrrole nitrogens is 7. The molecule has 756 valence electrons. The number of halogens is 7. The highest BCUT2D eigenvalue weighted by Crippen LogP contribution is 2.38. The van der Waals surface area contributed by atoms with Crippen molar-refractivity contribution in [3.63, 3.8) is 0 Å². The lowest BCUT2D eigenvalue weighted by atomic mass is 9.93. The average Bonchev–Trinajstić information content (AvgIpc) is 0.812. The van der Waals surface area contributed by atoms with Gasteiger partial charge in [-0.3, -0.25) is 68.4 Å². The average molecular weight is 2030 g/mol. The van der Waals surface area contributed by atoms with Gasteiger partial charge in [0.15, 0.2) is 81.0 Å². The molecule has 49 heteroatoms. The van der Waals surface area contributed by atoms with Gasteiger partial charge < -0.3 is 64.1 Å². The number of rotatable bonds is 16. The molecule has 0 amide bonds. The maximum absolute atomic E-state index is 14.2. The van der Waals surface area contributed by atoms with E-state index in [1.807, 2.05) is 48.7 Å². The number of nitrogens with one attached hydrogen (secondary N) is 7. The number of methoxy groups -OCH3 is 4. The molecule has 0 saturated carbocycles. The van der Waals surface area contributed by atoms with Crippen molar-refractivity contribution in [2.24, 2.45) is 17.3 Å². The fourth-order valence-electron chi connectivity index (χ4n) is 14.1. The van der Waals surface area contributed by atoms with Crippen LogP contribution < -0.4 is 112 Å². The third kappa shape index (κ3) is 23.8. The zero-order valence-corrected chi connectivity index (χ0v) is 78.4. The Labute approximate surface area is 811 Å². The minimum Gasteiger partial charge on any atom is -0.494 e. The number of nitrogens with zero attached hydrogens (tertiary/aromatic N) is 7. The Morgan fingerprint density at radius 1 is 0.252 bits per heavy atom. The van der Waals surface area contributed by atoms with Crippen LogP contribution in [0.3, 0.4) is 0 Å². The van der Waals surface area contributed by atoms with Gasteiger partial charge in [0.05, 0.1) is 48.3 Å². The molecule has 14 heterocycles. The first-order valence-corrected chi connectivity index (χ1v) is 43.7. The molecule has 14 aliphatic rings. The van der Waals surface area contributed by atoms with E-state index in [9.17, 15) is 97.9 Å². The number of aromatic nitrogens is 14. The predicted octanol–water partition coefficient (Wildman–Crippen LogP) is 12.9. The highest BCUT2D eigenvalue weighted by atomic mass is 19.2. The van der Waals surface area contributed by atoms with Crippen molar-refractivity contribution in [3.8, 4) is 120 Å². The number of ether oxygens (including phenoxy) is 7. The third-order valence-electron chi connectivity index (χ3n) is 21.4. The van der Waals surface area contributed by atoms with Gasteiger partial charge in [0.25, 0.3) is 38.9 Å². The summed E-state index contributed by atoms with van der Waals surface area (Å²) in [4.78, 5) is 199. The number of hydrogen-bond acceptors (Lipinski definition) is 35. The summed E-state index contributed by atoms with van der Waals surface area (Å²) in [5.74, 6) is -3.40. The van der Waals surface area contributed by atoms with E-state index in [1.165, 1.54) is 156 Å². The smallest absolute Gasteiger partial charge is 0.351 e. The Bertz CT molecular complexity index is 8760. The molecule has 147 heavy (non-hydrogen) atoms. The van der Waals surface area contributed by atoms with E-state index < -0.39 is 119 Å². The fraction of sp³-hybridized carbons (Fsp3) is 0.214. The van der Waals surface area contributed by atoms with Crippen molar-refractivity contribution >= 4 is 76.8 Å². The molecule has 7 aromatic rings. The Kier molecular flexibility index (Phi) is 29.9. The lowest BCUT2D eigenvalue weighted by Crippen LogP contribution is -2.24. The first-order chi connectivity index (χ1) is 69.9. The maximum Gasteiger partial charge on any atom is 0.351 e. The van der Waals surface area contributed by atoms with Gasteiger partial charge in [0, 0.05) is 80.2 Å². The van der Waals surface area contributed by atoms with Crippen LogP contribution >= 0.6 is 0 Å². The summed E-state index contributed by atoms with van der Waals surface area (Å²) in [6.07, 6.45) is 3.36. The van der Waals surface area contributed by atoms with Crippen LogP contribution in [-0.4, -0.2) is 118 Å². The standard InChI is InChI=1S/2C17H17FN2O4.C16H15FN2O4.4C12H7FN2O4/c1-17(2,3)4-5-23-13-8-12-9(7-11(13)18)6-10-14(21)19-16(22)20-15(10)24-12;1-9(2)4-3-5-23-14-8-13-10(7-12(14)18)6-11-15(21)19-17(22)20-16(11)24-13;1-8(2)3-4-22-13-7-12-9(6-11(13)17)5-10-14(20)18-16(21)19-15(10)23-12;4*1-18-9-4-8-5(3-7(9)13)2-6-10(16)14-12(17)15-11(6)19-8/h6-8H,4-5H2,1-3H3,(H,19,21,22);6-9H,3-5H2,1-2H3,(H,19,21,22);5-8H,3-4H2,1-2H3,(H,18,20,21);4*2-4H,1H3,(H,14,16,17). The summed E-state index contributed by atoms with van der Waals surface area (Å²) in [7, 11) is 5.29. The van der Waals surface area contributed by atoms with Gasteiger partial charge in [-0.2, -0.15) is 34.9 Å². The largest absolute Gasteiger partial charge is 0.494 e. The molecule has 0 bridgehead atoms. The monoisotopic (exact) mass is 2030 g/mol. The van der Waals surface area contributed by atoms with Gasteiger partial charge in [-0.25, -0.2) is 64.3 Å². The molecule has 0 spiro atoms. The minimum atomic E-state index is -0.797. The van der Waals surface area contributed by atoms with Crippen LogP contribution in [0.1, 0.15) is 74.1 Å². The van der Waals surface area contributed by atoms with Crippen LogP contribution in [0, 0.1) is 58.0 Å². The molecule has 0 unspecified atom stereocenters. The van der Waals surface area contributed by atoms with Crippen LogP contribution in [0.25, 0.3) is 157 Å². The Morgan fingerprint density at radius 3 is 0.612 bits per heavy atom. The highest BCUT2D eigenvalue weighted by molar-refractivity contribution is 5.89. The van der Waals surface area contributed by atoms with Crippen molar-refractivity contribution in [2.45, 2.75) is 74.1 Å². The van der Waals surface area contributed by atoms with Gasteiger partial charge in [-0.05, 0) is 128 Å². The lowest BCUT2D eigenvalue weighted by Gasteiger charge is -2.18. The van der Waals surface area contributed by atoms with Crippen LogP contribution in [0.15, 0.2) is 225 Å². The molecule has 0 fully saturated rings. The van der Waals surface area contributed by atoms with Gasteiger partial charge in [-0.1, -0.05) is 48.5 Å². The first kappa shape index (κ1) is 102. The van der Waals surface area contributed by atoms with Crippen LogP contribution in [-0.2, 0) is 0 Å². The molecule has 21 rings (SSSR count). The second kappa shape index (κ2) is 42.9. The molecule has 14 aliphatic heterocycles. The molecule has 0 aliphatic carbocycles. The Morgan fingerprint density at radius 2 is 0.429 bits per heavy atom. The van der Waals surface area contributed by atoms with Crippen molar-refractivity contribution in [2.75, 3.05) is 48.3 Å². The number of benzene rings is 7. The summed E-state index contributed by atoms with van der Waals surface area (Å²) >= 11 is 0. The van der Waals surface area contributed by atoms with Crippen LogP contribution in [0.5, 0.6) is 40.2 Å². The van der Waals surface area contributed by atoms with Gasteiger partial charge >= 0.3 is 39.8 Å². The molecule has 0 saturated heterocycles. The normalized spacial score (nSPS) is 11.3. The third-order valence-corrected chi connectivity index (χ3v) is 21.4. The van der Waals surface area contributed by atoms with E-state index in [1.54, 1.807) is 0 Å². The van der Waals surface area contributed by atoms with Gasteiger partial charge in [-0.15, -0.1) is 0 Å². The van der Waals surface area contributed by atoms with Crippen molar-refractivity contribution in [1.29, 1.82) is 0 Å². The second-order valence-electron chi connectivity index (χ2n) is 34.0. The summed E-state index contributed by atoms with van der Waals surface area (Å²) in [5, 5.41) is 2.65. The molecule has 42 nitrogen and oxygen atoms in total. The molecule has 0 atom stereocenters. The van der Waals surface area contributed by atoms with E-state index in [0.29, 0.717) is 74.9 Å². The maximum atomic E-state index is 14.2. The molecule has 0 radical (unpaired) electrons. The summed E-state index contributed by atoms with van der Waals surface area (Å²) in [6, 6.07) is 27.9.